The van der Waals surface area contributed by atoms with Gasteiger partial charge in [0.15, 0.2) is 5.11 Å². The summed E-state index contributed by atoms with van der Waals surface area (Å²) in [5.41, 5.74) is 3.31. The van der Waals surface area contributed by atoms with Crippen LogP contribution in [0.1, 0.15) is 10.4 Å². The highest BCUT2D eigenvalue weighted by molar-refractivity contribution is 7.80. The predicted octanol–water partition coefficient (Wildman–Crippen LogP) is 6.32. The van der Waals surface area contributed by atoms with E-state index in [1.807, 2.05) is 24.3 Å². The normalized spacial score (nSPS) is 10.8. The van der Waals surface area contributed by atoms with Crippen molar-refractivity contribution in [2.45, 2.75) is 0 Å². The Morgan fingerprint density at radius 3 is 2.53 bits per heavy atom. The van der Waals surface area contributed by atoms with E-state index in [-0.39, 0.29) is 15.7 Å². The molecule has 1 amide bonds. The van der Waals surface area contributed by atoms with Crippen molar-refractivity contribution < 1.29 is 4.79 Å². The van der Waals surface area contributed by atoms with Crippen molar-refractivity contribution in [3.63, 3.8) is 0 Å². The SMILES string of the molecule is O=C(NC(=S)Nc1ccc(Cl)c(-c2nc3ccccc3[nH]2)c1)c1cc(Cl)ccc1Cl. The van der Waals surface area contributed by atoms with Crippen LogP contribution in [0.2, 0.25) is 15.1 Å². The van der Waals surface area contributed by atoms with Gasteiger partial charge in [-0.1, -0.05) is 46.9 Å². The zero-order valence-corrected chi connectivity index (χ0v) is 18.3. The van der Waals surface area contributed by atoms with Crippen LogP contribution in [-0.2, 0) is 0 Å². The standard InChI is InChI=1S/C21H13Cl3N4OS/c22-11-5-7-16(24)14(9-11)20(29)28-21(30)25-12-6-8-15(23)13(10-12)19-26-17-3-1-2-4-18(17)27-19/h1-10H,(H,26,27)(H2,25,28,29,30). The summed E-state index contributed by atoms with van der Waals surface area (Å²) in [4.78, 5) is 20.3. The molecule has 0 radical (unpaired) electrons. The molecule has 1 aromatic heterocycles. The molecule has 0 atom stereocenters. The number of benzene rings is 3. The number of hydrogen-bond acceptors (Lipinski definition) is 3. The molecule has 3 aromatic carbocycles. The Morgan fingerprint density at radius 1 is 0.967 bits per heavy atom. The van der Waals surface area contributed by atoms with Crippen molar-refractivity contribution in [3.05, 3.63) is 81.3 Å². The molecule has 0 aliphatic heterocycles. The third-order valence-corrected chi connectivity index (χ3v) is 5.37. The molecule has 4 rings (SSSR count). The second-order valence-electron chi connectivity index (χ2n) is 6.33. The number of carbonyl (C=O) groups is 1. The maximum Gasteiger partial charge on any atom is 0.258 e. The zero-order valence-electron chi connectivity index (χ0n) is 15.2. The number of aromatic nitrogens is 2. The zero-order chi connectivity index (χ0) is 21.3. The van der Waals surface area contributed by atoms with Gasteiger partial charge in [0.2, 0.25) is 0 Å². The predicted molar refractivity (Wildman–Crippen MR) is 127 cm³/mol. The van der Waals surface area contributed by atoms with Crippen molar-refractivity contribution in [1.29, 1.82) is 0 Å². The van der Waals surface area contributed by atoms with E-state index in [1.165, 1.54) is 6.07 Å². The Bertz CT molecular complexity index is 1260. The topological polar surface area (TPSA) is 69.8 Å². The number of anilines is 1. The van der Waals surface area contributed by atoms with E-state index in [0.717, 1.165) is 11.0 Å². The first kappa shape index (κ1) is 20.6. The smallest absolute Gasteiger partial charge is 0.258 e. The molecule has 3 N–H and O–H groups in total. The van der Waals surface area contributed by atoms with Gasteiger partial charge in [-0.25, -0.2) is 4.98 Å². The van der Waals surface area contributed by atoms with Crippen LogP contribution in [0.4, 0.5) is 5.69 Å². The monoisotopic (exact) mass is 474 g/mol. The second-order valence-corrected chi connectivity index (χ2v) is 7.99. The van der Waals surface area contributed by atoms with Crippen molar-refractivity contribution >= 4 is 74.8 Å². The highest BCUT2D eigenvalue weighted by Gasteiger charge is 2.14. The average Bonchev–Trinajstić information content (AvgIpc) is 3.15. The first-order valence-corrected chi connectivity index (χ1v) is 10.3. The van der Waals surface area contributed by atoms with Gasteiger partial charge in [0.1, 0.15) is 5.82 Å². The fourth-order valence-corrected chi connectivity index (χ4v) is 3.66. The number of hydrogen-bond donors (Lipinski definition) is 3. The second kappa shape index (κ2) is 8.62. The number of amides is 1. The molecule has 1 heterocycles. The van der Waals surface area contributed by atoms with E-state index in [0.29, 0.717) is 27.1 Å². The Balaban J connectivity index is 1.53. The van der Waals surface area contributed by atoms with Crippen LogP contribution in [0.15, 0.2) is 60.7 Å². The van der Waals surface area contributed by atoms with Crippen LogP contribution in [0.25, 0.3) is 22.4 Å². The molecule has 0 aliphatic carbocycles. The molecule has 9 heteroatoms. The lowest BCUT2D eigenvalue weighted by molar-refractivity contribution is 0.0978. The number of imidazole rings is 1. The minimum atomic E-state index is -0.466. The Labute approximate surface area is 192 Å². The van der Waals surface area contributed by atoms with Gasteiger partial charge in [-0.05, 0) is 60.7 Å². The molecular formula is C21H13Cl3N4OS. The number of para-hydroxylation sites is 2. The molecule has 0 bridgehead atoms. The molecule has 0 fully saturated rings. The van der Waals surface area contributed by atoms with Gasteiger partial charge >= 0.3 is 0 Å². The maximum absolute atomic E-state index is 12.4. The van der Waals surface area contributed by atoms with E-state index >= 15 is 0 Å². The third kappa shape index (κ3) is 4.42. The van der Waals surface area contributed by atoms with E-state index in [9.17, 15) is 4.79 Å². The third-order valence-electron chi connectivity index (χ3n) is 4.27. The molecular weight excluding hydrogens is 463 g/mol. The number of nitrogens with one attached hydrogen (secondary N) is 3. The van der Waals surface area contributed by atoms with E-state index in [2.05, 4.69) is 20.6 Å². The number of rotatable bonds is 3. The van der Waals surface area contributed by atoms with Crippen LogP contribution in [0.3, 0.4) is 0 Å². The summed E-state index contributed by atoms with van der Waals surface area (Å²) in [5.74, 6) is 0.164. The Hall–Kier alpha value is -2.64. The number of aromatic amines is 1. The molecule has 4 aromatic rings. The fourth-order valence-electron chi connectivity index (χ4n) is 2.87. The van der Waals surface area contributed by atoms with Crippen molar-refractivity contribution in [2.75, 3.05) is 5.32 Å². The summed E-state index contributed by atoms with van der Waals surface area (Å²) in [5, 5.41) is 6.87. The lowest BCUT2D eigenvalue weighted by Crippen LogP contribution is -2.34. The molecule has 0 unspecified atom stereocenters. The number of nitrogens with zero attached hydrogens (tertiary/aromatic N) is 1. The van der Waals surface area contributed by atoms with Crippen molar-refractivity contribution in [2.24, 2.45) is 0 Å². The number of carbonyl (C=O) groups excluding carboxylic acids is 1. The minimum absolute atomic E-state index is 0.105. The largest absolute Gasteiger partial charge is 0.338 e. The van der Waals surface area contributed by atoms with Crippen LogP contribution in [-0.4, -0.2) is 21.0 Å². The van der Waals surface area contributed by atoms with Crippen molar-refractivity contribution in [1.82, 2.24) is 15.3 Å². The molecule has 5 nitrogen and oxygen atoms in total. The van der Waals surface area contributed by atoms with Crippen molar-refractivity contribution in [3.8, 4) is 11.4 Å². The van der Waals surface area contributed by atoms with E-state index in [4.69, 9.17) is 47.0 Å². The number of thiocarbonyl (C=S) groups is 1. The summed E-state index contributed by atoms with van der Waals surface area (Å²) in [6.45, 7) is 0. The van der Waals surface area contributed by atoms with Crippen LogP contribution in [0, 0.1) is 0 Å². The van der Waals surface area contributed by atoms with E-state index in [1.54, 1.807) is 30.3 Å². The van der Waals surface area contributed by atoms with Gasteiger partial charge in [0, 0.05) is 16.3 Å². The molecule has 30 heavy (non-hydrogen) atoms. The molecule has 0 spiro atoms. The van der Waals surface area contributed by atoms with Crippen LogP contribution in [0.5, 0.6) is 0 Å². The van der Waals surface area contributed by atoms with Gasteiger partial charge in [-0.3, -0.25) is 10.1 Å². The average molecular weight is 476 g/mol. The van der Waals surface area contributed by atoms with Crippen LogP contribution >= 0.6 is 47.0 Å². The van der Waals surface area contributed by atoms with Gasteiger partial charge in [-0.15, -0.1) is 0 Å². The summed E-state index contributed by atoms with van der Waals surface area (Å²) in [6, 6.07) is 17.6. The first-order valence-electron chi connectivity index (χ1n) is 8.73. The summed E-state index contributed by atoms with van der Waals surface area (Å²) in [7, 11) is 0. The summed E-state index contributed by atoms with van der Waals surface area (Å²) < 4.78 is 0. The highest BCUT2D eigenvalue weighted by atomic mass is 35.5. The highest BCUT2D eigenvalue weighted by Crippen LogP contribution is 2.30. The van der Waals surface area contributed by atoms with Crippen LogP contribution < -0.4 is 10.6 Å². The lowest BCUT2D eigenvalue weighted by Gasteiger charge is -2.12. The Kier molecular flexibility index (Phi) is 5.92. The maximum atomic E-state index is 12.4. The Morgan fingerprint density at radius 2 is 1.73 bits per heavy atom. The summed E-state index contributed by atoms with van der Waals surface area (Å²) >= 11 is 23.6. The first-order chi connectivity index (χ1) is 14.4. The van der Waals surface area contributed by atoms with E-state index < -0.39 is 5.91 Å². The quantitative estimate of drug-likeness (QED) is 0.303. The molecule has 0 saturated carbocycles. The number of halogens is 3. The number of fused-ring (bicyclic) bond motifs is 1. The fraction of sp³-hybridized carbons (Fsp3) is 0. The van der Waals surface area contributed by atoms with Gasteiger partial charge in [-0.2, -0.15) is 0 Å². The van der Waals surface area contributed by atoms with Gasteiger partial charge in [0.05, 0.1) is 26.6 Å². The lowest BCUT2D eigenvalue weighted by atomic mass is 10.2. The van der Waals surface area contributed by atoms with Gasteiger partial charge < -0.3 is 10.3 Å². The molecule has 0 saturated heterocycles. The number of H-pyrrole nitrogens is 1. The van der Waals surface area contributed by atoms with Gasteiger partial charge in [0.25, 0.3) is 5.91 Å². The minimum Gasteiger partial charge on any atom is -0.338 e. The molecule has 150 valence electrons. The molecule has 0 aliphatic rings. The summed E-state index contributed by atoms with van der Waals surface area (Å²) in [6.07, 6.45) is 0.